The molecule has 0 unspecified atom stereocenters. The maximum atomic E-state index is 5.84. The molecule has 0 fully saturated rings. The van der Waals surface area contributed by atoms with Gasteiger partial charge in [0.2, 0.25) is 5.95 Å². The van der Waals surface area contributed by atoms with E-state index in [9.17, 15) is 0 Å². The van der Waals surface area contributed by atoms with E-state index in [0.717, 1.165) is 5.56 Å². The van der Waals surface area contributed by atoms with E-state index in [1.165, 1.54) is 17.3 Å². The Bertz CT molecular complexity index is 1040. The Labute approximate surface area is 163 Å². The molecule has 7 nitrogen and oxygen atoms in total. The number of pyridine rings is 1. The molecule has 0 amide bonds. The van der Waals surface area contributed by atoms with Gasteiger partial charge in [-0.3, -0.25) is 4.98 Å². The predicted molar refractivity (Wildman–Crippen MR) is 109 cm³/mol. The molecule has 4 rings (SSSR count). The summed E-state index contributed by atoms with van der Waals surface area (Å²) in [7, 11) is 1.58. The standard InChI is InChI=1S/C16H18N4O2.C5H3N/c1-5-10-11(21-4)6-7-12(14(10)9(2)3)22-13-8-19-16(18)20-15(13)17;1-4-2-6-3-5(1)4/h1,6-9H,2-4H3,(H4,17,18,19,20);1-3H. The Morgan fingerprint density at radius 2 is 1.71 bits per heavy atom. The monoisotopic (exact) mass is 375 g/mol. The molecule has 2 heterocycles. The minimum Gasteiger partial charge on any atom is -0.495 e. The fourth-order valence-corrected chi connectivity index (χ4v) is 2.71. The number of ether oxygens (including phenoxy) is 2. The summed E-state index contributed by atoms with van der Waals surface area (Å²) in [5.41, 5.74) is 15.4. The van der Waals surface area contributed by atoms with E-state index >= 15 is 0 Å². The second-order valence-electron chi connectivity index (χ2n) is 6.40. The van der Waals surface area contributed by atoms with Crippen LogP contribution in [0.1, 0.15) is 30.9 Å². The molecule has 4 N–H and O–H groups in total. The van der Waals surface area contributed by atoms with Crippen LogP contribution in [0, 0.1) is 12.3 Å². The van der Waals surface area contributed by atoms with E-state index in [2.05, 4.69) is 26.9 Å². The molecule has 0 saturated carbocycles. The van der Waals surface area contributed by atoms with Crippen LogP contribution in [-0.4, -0.2) is 22.1 Å². The topological polar surface area (TPSA) is 109 Å². The fraction of sp³-hybridized carbons (Fsp3) is 0.190. The summed E-state index contributed by atoms with van der Waals surface area (Å²) in [5, 5.41) is 0. The van der Waals surface area contributed by atoms with Gasteiger partial charge < -0.3 is 20.9 Å². The second-order valence-corrected chi connectivity index (χ2v) is 6.40. The summed E-state index contributed by atoms with van der Waals surface area (Å²) >= 11 is 0. The van der Waals surface area contributed by atoms with Crippen molar-refractivity contribution in [2.75, 3.05) is 18.6 Å². The number of nitrogens with zero attached hydrogens (tertiary/aromatic N) is 3. The van der Waals surface area contributed by atoms with Crippen molar-refractivity contribution in [3.05, 3.63) is 47.9 Å². The van der Waals surface area contributed by atoms with Crippen LogP contribution in [0.4, 0.5) is 11.8 Å². The maximum absolute atomic E-state index is 5.84. The number of terminal acetylenes is 1. The van der Waals surface area contributed by atoms with Crippen molar-refractivity contribution in [3.8, 4) is 40.7 Å². The van der Waals surface area contributed by atoms with Gasteiger partial charge in [0.1, 0.15) is 11.5 Å². The highest BCUT2D eigenvalue weighted by molar-refractivity contribution is 5.78. The number of anilines is 2. The number of nitrogen functional groups attached to an aromatic ring is 2. The van der Waals surface area contributed by atoms with Gasteiger partial charge in [-0.2, -0.15) is 4.98 Å². The maximum Gasteiger partial charge on any atom is 0.222 e. The van der Waals surface area contributed by atoms with Crippen molar-refractivity contribution in [2.24, 2.45) is 0 Å². The van der Waals surface area contributed by atoms with Crippen LogP contribution in [0.5, 0.6) is 17.2 Å². The minimum absolute atomic E-state index is 0.0907. The Hall–Kier alpha value is -3.79. The van der Waals surface area contributed by atoms with Crippen LogP contribution in [0.2, 0.25) is 0 Å². The highest BCUT2D eigenvalue weighted by atomic mass is 16.5. The molecule has 7 heteroatoms. The molecule has 0 atom stereocenters. The average molecular weight is 375 g/mol. The van der Waals surface area contributed by atoms with E-state index < -0.39 is 0 Å². The van der Waals surface area contributed by atoms with E-state index in [0.29, 0.717) is 22.8 Å². The third kappa shape index (κ3) is 3.96. The van der Waals surface area contributed by atoms with Gasteiger partial charge in [-0.1, -0.05) is 19.8 Å². The summed E-state index contributed by atoms with van der Waals surface area (Å²) in [6, 6.07) is 5.64. The first-order valence-electron chi connectivity index (χ1n) is 8.63. The molecule has 2 aromatic rings. The summed E-state index contributed by atoms with van der Waals surface area (Å²) in [5.74, 6) is 4.58. The van der Waals surface area contributed by atoms with Crippen LogP contribution >= 0.6 is 0 Å². The van der Waals surface area contributed by atoms with Crippen LogP contribution in [-0.2, 0) is 0 Å². The number of nitrogens with two attached hydrogens (primary N) is 2. The summed E-state index contributed by atoms with van der Waals surface area (Å²) in [4.78, 5) is 11.6. The number of fused-ring (bicyclic) bond motifs is 1. The zero-order valence-electron chi connectivity index (χ0n) is 15.9. The molecule has 1 aliphatic heterocycles. The number of aromatic nitrogens is 3. The third-order valence-electron chi connectivity index (χ3n) is 4.12. The molecule has 1 aromatic carbocycles. The quantitative estimate of drug-likeness (QED) is 0.524. The fourth-order valence-electron chi connectivity index (χ4n) is 2.71. The first-order valence-corrected chi connectivity index (χ1v) is 8.63. The molecular weight excluding hydrogens is 354 g/mol. The highest BCUT2D eigenvalue weighted by Gasteiger charge is 2.18. The van der Waals surface area contributed by atoms with Crippen molar-refractivity contribution in [2.45, 2.75) is 19.8 Å². The molecule has 0 spiro atoms. The van der Waals surface area contributed by atoms with Gasteiger partial charge in [0.25, 0.3) is 0 Å². The van der Waals surface area contributed by atoms with Crippen molar-refractivity contribution in [1.82, 2.24) is 15.0 Å². The molecule has 0 bridgehead atoms. The molecule has 1 aromatic heterocycles. The lowest BCUT2D eigenvalue weighted by Gasteiger charge is -2.18. The Kier molecular flexibility index (Phi) is 5.32. The predicted octanol–water partition coefficient (Wildman–Crippen LogP) is 3.61. The first-order chi connectivity index (χ1) is 13.4. The zero-order chi connectivity index (χ0) is 20.3. The van der Waals surface area contributed by atoms with Crippen molar-refractivity contribution in [1.29, 1.82) is 0 Å². The lowest BCUT2D eigenvalue weighted by atomic mass is 9.95. The van der Waals surface area contributed by atoms with E-state index in [1.54, 1.807) is 19.2 Å². The normalized spacial score (nSPS) is 10.5. The van der Waals surface area contributed by atoms with Gasteiger partial charge in [0.15, 0.2) is 11.6 Å². The smallest absolute Gasteiger partial charge is 0.222 e. The molecular formula is C21H21N5O2. The van der Waals surface area contributed by atoms with Gasteiger partial charge in [0.05, 0.1) is 18.9 Å². The zero-order valence-corrected chi connectivity index (χ0v) is 15.9. The third-order valence-corrected chi connectivity index (χ3v) is 4.12. The molecule has 2 aliphatic rings. The van der Waals surface area contributed by atoms with Gasteiger partial charge >= 0.3 is 0 Å². The minimum atomic E-state index is 0.0907. The second kappa shape index (κ2) is 7.84. The SMILES string of the molecule is C#Cc1c(OC)ccc(Oc2cnc(N)nc2N)c1C(C)C.c1ncc2cc1-2. The van der Waals surface area contributed by atoms with Crippen LogP contribution in [0.25, 0.3) is 11.1 Å². The van der Waals surface area contributed by atoms with Crippen molar-refractivity contribution >= 4 is 11.8 Å². The summed E-state index contributed by atoms with van der Waals surface area (Å²) in [6.07, 6.45) is 10.8. The largest absolute Gasteiger partial charge is 0.495 e. The Morgan fingerprint density at radius 3 is 2.18 bits per heavy atom. The van der Waals surface area contributed by atoms with Gasteiger partial charge in [-0.15, -0.1) is 6.42 Å². The van der Waals surface area contributed by atoms with Gasteiger partial charge in [-0.25, -0.2) is 4.98 Å². The van der Waals surface area contributed by atoms with E-state index in [-0.39, 0.29) is 17.7 Å². The lowest BCUT2D eigenvalue weighted by molar-refractivity contribution is 0.409. The van der Waals surface area contributed by atoms with Crippen molar-refractivity contribution in [3.63, 3.8) is 0 Å². The summed E-state index contributed by atoms with van der Waals surface area (Å²) < 4.78 is 11.1. The number of rotatable bonds is 4. The Morgan fingerprint density at radius 1 is 1.04 bits per heavy atom. The van der Waals surface area contributed by atoms with Crippen LogP contribution in [0.15, 0.2) is 36.8 Å². The number of hydrogen-bond donors (Lipinski definition) is 2. The Balaban J connectivity index is 0.000000311. The molecule has 0 radical (unpaired) electrons. The molecule has 28 heavy (non-hydrogen) atoms. The van der Waals surface area contributed by atoms with E-state index in [1.807, 2.05) is 26.2 Å². The number of benzene rings is 1. The number of hydrogen-bond acceptors (Lipinski definition) is 7. The van der Waals surface area contributed by atoms with Crippen LogP contribution < -0.4 is 20.9 Å². The highest BCUT2D eigenvalue weighted by Crippen LogP contribution is 2.38. The van der Waals surface area contributed by atoms with Crippen LogP contribution in [0.3, 0.4) is 0 Å². The van der Waals surface area contributed by atoms with E-state index in [4.69, 9.17) is 27.4 Å². The lowest BCUT2D eigenvalue weighted by Crippen LogP contribution is -2.04. The van der Waals surface area contributed by atoms with Gasteiger partial charge in [0, 0.05) is 29.1 Å². The average Bonchev–Trinajstić information content (AvgIpc) is 3.28. The number of methoxy groups -OCH3 is 1. The summed E-state index contributed by atoms with van der Waals surface area (Å²) in [6.45, 7) is 4.04. The molecule has 1 aliphatic carbocycles. The first kappa shape index (κ1) is 19.0. The molecule has 142 valence electrons. The van der Waals surface area contributed by atoms with Crippen molar-refractivity contribution < 1.29 is 9.47 Å². The van der Waals surface area contributed by atoms with Gasteiger partial charge in [-0.05, 0) is 24.1 Å². The molecule has 0 saturated heterocycles.